The second-order valence-corrected chi connectivity index (χ2v) is 4.45. The summed E-state index contributed by atoms with van der Waals surface area (Å²) < 4.78 is 13.4. The molecular weight excluding hydrogens is 189 g/mol. The van der Waals surface area contributed by atoms with Gasteiger partial charge in [0.05, 0.1) is 0 Å². The van der Waals surface area contributed by atoms with E-state index in [0.29, 0.717) is 0 Å². The lowest BCUT2D eigenvalue weighted by molar-refractivity contribution is 0.291. The molecule has 0 radical (unpaired) electrons. The third kappa shape index (κ3) is 2.57. The molecule has 1 aromatic carbocycles. The molecule has 2 heteroatoms. The van der Waals surface area contributed by atoms with Crippen molar-refractivity contribution >= 4 is 0 Å². The van der Waals surface area contributed by atoms with Gasteiger partial charge in [-0.05, 0) is 38.3 Å². The first-order valence-electron chi connectivity index (χ1n) is 5.75. The van der Waals surface area contributed by atoms with E-state index in [0.717, 1.165) is 18.0 Å². The van der Waals surface area contributed by atoms with Gasteiger partial charge >= 0.3 is 0 Å². The maximum atomic E-state index is 13.4. The Bertz CT molecular complexity index is 320. The lowest BCUT2D eigenvalue weighted by Crippen LogP contribution is -2.29. The lowest BCUT2D eigenvalue weighted by Gasteiger charge is -2.27. The molecule has 1 N–H and O–H groups in total. The van der Waals surface area contributed by atoms with E-state index in [1.807, 2.05) is 19.1 Å². The minimum absolute atomic E-state index is 0.105. The van der Waals surface area contributed by atoms with Gasteiger partial charge in [-0.25, -0.2) is 4.39 Å². The smallest absolute Gasteiger partial charge is 0.127 e. The van der Waals surface area contributed by atoms with Crippen LogP contribution in [0.3, 0.4) is 0 Å². The third-order valence-electron chi connectivity index (χ3n) is 3.31. The van der Waals surface area contributed by atoms with Gasteiger partial charge in [-0.3, -0.25) is 0 Å². The molecule has 1 saturated carbocycles. The fourth-order valence-electron chi connectivity index (χ4n) is 1.98. The van der Waals surface area contributed by atoms with E-state index >= 15 is 0 Å². The summed E-state index contributed by atoms with van der Waals surface area (Å²) in [4.78, 5) is 0. The molecule has 1 unspecified atom stereocenters. The molecule has 0 saturated heterocycles. The molecule has 15 heavy (non-hydrogen) atoms. The van der Waals surface area contributed by atoms with E-state index in [-0.39, 0.29) is 11.9 Å². The van der Waals surface area contributed by atoms with E-state index in [1.54, 1.807) is 6.07 Å². The predicted molar refractivity (Wildman–Crippen MR) is 60.2 cm³/mol. The Hall–Kier alpha value is -0.890. The Morgan fingerprint density at radius 2 is 2.13 bits per heavy atom. The van der Waals surface area contributed by atoms with Gasteiger partial charge in [0.15, 0.2) is 0 Å². The van der Waals surface area contributed by atoms with Crippen LogP contribution >= 0.6 is 0 Å². The normalized spacial score (nSPS) is 18.5. The Morgan fingerprint density at radius 3 is 2.73 bits per heavy atom. The Labute approximate surface area is 90.7 Å². The number of nitrogens with one attached hydrogen (secondary N) is 1. The van der Waals surface area contributed by atoms with Crippen LogP contribution in [0.4, 0.5) is 4.39 Å². The molecule has 0 aliphatic heterocycles. The van der Waals surface area contributed by atoms with Crippen LogP contribution in [0, 0.1) is 11.7 Å². The van der Waals surface area contributed by atoms with Crippen molar-refractivity contribution in [2.24, 2.45) is 5.92 Å². The summed E-state index contributed by atoms with van der Waals surface area (Å²) >= 11 is 0. The van der Waals surface area contributed by atoms with Gasteiger partial charge in [0.1, 0.15) is 5.82 Å². The zero-order chi connectivity index (χ0) is 10.7. The maximum Gasteiger partial charge on any atom is 0.127 e. The van der Waals surface area contributed by atoms with Crippen molar-refractivity contribution in [3.8, 4) is 0 Å². The first kappa shape index (κ1) is 10.6. The maximum absolute atomic E-state index is 13.4. The van der Waals surface area contributed by atoms with Gasteiger partial charge in [-0.1, -0.05) is 24.6 Å². The number of hydrogen-bond donors (Lipinski definition) is 1. The summed E-state index contributed by atoms with van der Waals surface area (Å²) in [5, 5.41) is 3.40. The number of rotatable bonds is 4. The van der Waals surface area contributed by atoms with E-state index in [4.69, 9.17) is 0 Å². The van der Waals surface area contributed by atoms with E-state index < -0.39 is 0 Å². The molecule has 2 rings (SSSR count). The van der Waals surface area contributed by atoms with Crippen molar-refractivity contribution in [1.29, 1.82) is 0 Å². The zero-order valence-corrected chi connectivity index (χ0v) is 9.17. The molecule has 1 aliphatic rings. The van der Waals surface area contributed by atoms with E-state index in [9.17, 15) is 4.39 Å². The quantitative estimate of drug-likeness (QED) is 0.799. The predicted octanol–water partition coefficient (Wildman–Crippen LogP) is 3.28. The second-order valence-electron chi connectivity index (χ2n) is 4.45. The van der Waals surface area contributed by atoms with Crippen LogP contribution < -0.4 is 5.32 Å². The zero-order valence-electron chi connectivity index (χ0n) is 9.17. The molecular formula is C13H18FN. The molecule has 0 aromatic heterocycles. The molecule has 0 amide bonds. The number of hydrogen-bond acceptors (Lipinski definition) is 1. The number of halogens is 1. The van der Waals surface area contributed by atoms with Crippen molar-refractivity contribution in [2.75, 3.05) is 6.54 Å². The molecule has 1 aliphatic carbocycles. The average Bonchev–Trinajstić information content (AvgIpc) is 2.16. The highest BCUT2D eigenvalue weighted by Gasteiger charge is 2.18. The van der Waals surface area contributed by atoms with Crippen LogP contribution in [-0.2, 0) is 0 Å². The first-order chi connectivity index (χ1) is 7.27. The lowest BCUT2D eigenvalue weighted by atomic mass is 9.85. The summed E-state index contributed by atoms with van der Waals surface area (Å²) in [6.07, 6.45) is 4.02. The SMILES string of the molecule is CC(NCC1CCC1)c1ccccc1F. The fourth-order valence-corrected chi connectivity index (χ4v) is 1.98. The van der Waals surface area contributed by atoms with E-state index in [2.05, 4.69) is 5.32 Å². The van der Waals surface area contributed by atoms with Gasteiger partial charge in [0.2, 0.25) is 0 Å². The topological polar surface area (TPSA) is 12.0 Å². The summed E-state index contributed by atoms with van der Waals surface area (Å²) in [5.74, 6) is 0.713. The molecule has 0 bridgehead atoms. The fraction of sp³-hybridized carbons (Fsp3) is 0.538. The highest BCUT2D eigenvalue weighted by Crippen LogP contribution is 2.26. The van der Waals surface area contributed by atoms with Crippen LogP contribution in [-0.4, -0.2) is 6.54 Å². The summed E-state index contributed by atoms with van der Waals surface area (Å²) in [7, 11) is 0. The summed E-state index contributed by atoms with van der Waals surface area (Å²) in [6.45, 7) is 3.05. The van der Waals surface area contributed by atoms with Crippen LogP contribution in [0.2, 0.25) is 0 Å². The molecule has 82 valence electrons. The number of benzene rings is 1. The van der Waals surface area contributed by atoms with Crippen LogP contribution in [0.25, 0.3) is 0 Å². The van der Waals surface area contributed by atoms with Crippen molar-refractivity contribution in [3.63, 3.8) is 0 Å². The second kappa shape index (κ2) is 4.75. The molecule has 1 fully saturated rings. The summed E-state index contributed by atoms with van der Waals surface area (Å²) in [6, 6.07) is 7.12. The van der Waals surface area contributed by atoms with Crippen molar-refractivity contribution in [1.82, 2.24) is 5.32 Å². The van der Waals surface area contributed by atoms with Crippen molar-refractivity contribution in [3.05, 3.63) is 35.6 Å². The molecule has 1 aromatic rings. The van der Waals surface area contributed by atoms with Crippen LogP contribution in [0.15, 0.2) is 24.3 Å². The van der Waals surface area contributed by atoms with Gasteiger partial charge in [-0.2, -0.15) is 0 Å². The average molecular weight is 207 g/mol. The Kier molecular flexibility index (Phi) is 3.37. The minimum Gasteiger partial charge on any atom is -0.310 e. The van der Waals surface area contributed by atoms with Crippen LogP contribution in [0.5, 0.6) is 0 Å². The molecule has 1 nitrogen and oxygen atoms in total. The molecule has 0 spiro atoms. The monoisotopic (exact) mass is 207 g/mol. The minimum atomic E-state index is -0.105. The highest BCUT2D eigenvalue weighted by atomic mass is 19.1. The van der Waals surface area contributed by atoms with Gasteiger partial charge in [0.25, 0.3) is 0 Å². The third-order valence-corrected chi connectivity index (χ3v) is 3.31. The van der Waals surface area contributed by atoms with Gasteiger partial charge in [-0.15, -0.1) is 0 Å². The highest BCUT2D eigenvalue weighted by molar-refractivity contribution is 5.20. The molecule has 0 heterocycles. The van der Waals surface area contributed by atoms with Gasteiger partial charge in [0, 0.05) is 11.6 Å². The Balaban J connectivity index is 1.89. The van der Waals surface area contributed by atoms with Crippen molar-refractivity contribution < 1.29 is 4.39 Å². The van der Waals surface area contributed by atoms with E-state index in [1.165, 1.54) is 25.3 Å². The van der Waals surface area contributed by atoms with Gasteiger partial charge < -0.3 is 5.32 Å². The Morgan fingerprint density at radius 1 is 1.40 bits per heavy atom. The largest absolute Gasteiger partial charge is 0.310 e. The summed E-state index contributed by atoms with van der Waals surface area (Å²) in [5.41, 5.74) is 0.775. The first-order valence-corrected chi connectivity index (χ1v) is 5.75. The van der Waals surface area contributed by atoms with Crippen molar-refractivity contribution in [2.45, 2.75) is 32.2 Å². The molecule has 1 atom stereocenters. The standard InChI is InChI=1S/C13H18FN/c1-10(15-9-11-5-4-6-11)12-7-2-3-8-13(12)14/h2-3,7-8,10-11,15H,4-6,9H2,1H3. The van der Waals surface area contributed by atoms with Crippen LogP contribution in [0.1, 0.15) is 37.8 Å².